The van der Waals surface area contributed by atoms with Crippen LogP contribution in [-0.4, -0.2) is 25.7 Å². The molecule has 0 spiro atoms. The molecule has 0 aliphatic carbocycles. The van der Waals surface area contributed by atoms with E-state index in [1.807, 2.05) is 26.0 Å². The predicted molar refractivity (Wildman–Crippen MR) is 81.9 cm³/mol. The Kier molecular flexibility index (Phi) is 4.69. The fourth-order valence-electron chi connectivity index (χ4n) is 2.79. The monoisotopic (exact) mass is 287 g/mol. The van der Waals surface area contributed by atoms with E-state index in [9.17, 15) is 10.1 Å². The van der Waals surface area contributed by atoms with Crippen LogP contribution in [0.15, 0.2) is 12.1 Å². The van der Waals surface area contributed by atoms with Gasteiger partial charge in [-0.05, 0) is 38.3 Å². The maximum Gasteiger partial charge on any atom is 0.309 e. The number of hydrogen-bond donors (Lipinski definition) is 1. The van der Waals surface area contributed by atoms with Crippen molar-refractivity contribution in [1.82, 2.24) is 0 Å². The Balaban J connectivity index is 2.15. The smallest absolute Gasteiger partial charge is 0.309 e. The highest BCUT2D eigenvalue weighted by atomic mass is 16.5. The van der Waals surface area contributed by atoms with Gasteiger partial charge in [-0.1, -0.05) is 6.07 Å². The molecule has 0 radical (unpaired) electrons. The van der Waals surface area contributed by atoms with Gasteiger partial charge < -0.3 is 15.4 Å². The summed E-state index contributed by atoms with van der Waals surface area (Å²) in [6.07, 6.45) is 1.47. The van der Waals surface area contributed by atoms with Gasteiger partial charge in [0.1, 0.15) is 6.07 Å². The molecule has 0 atom stereocenters. The molecule has 1 aliphatic rings. The van der Waals surface area contributed by atoms with Crippen LogP contribution >= 0.6 is 0 Å². The van der Waals surface area contributed by atoms with Crippen molar-refractivity contribution in [2.24, 2.45) is 5.92 Å². The zero-order chi connectivity index (χ0) is 15.4. The van der Waals surface area contributed by atoms with Crippen molar-refractivity contribution in [3.05, 3.63) is 23.3 Å². The number of carbonyl (C=O) groups is 1. The van der Waals surface area contributed by atoms with E-state index in [1.165, 1.54) is 0 Å². The first kappa shape index (κ1) is 15.2. The minimum absolute atomic E-state index is 0.0437. The minimum Gasteiger partial charge on any atom is -0.466 e. The lowest BCUT2D eigenvalue weighted by Gasteiger charge is -2.34. The van der Waals surface area contributed by atoms with Crippen LogP contribution in [0.2, 0.25) is 0 Å². The molecule has 1 aromatic carbocycles. The van der Waals surface area contributed by atoms with Gasteiger partial charge in [-0.15, -0.1) is 0 Å². The first-order chi connectivity index (χ1) is 10.1. The molecule has 1 heterocycles. The van der Waals surface area contributed by atoms with Gasteiger partial charge >= 0.3 is 5.97 Å². The van der Waals surface area contributed by atoms with Gasteiger partial charge in [0.15, 0.2) is 0 Å². The summed E-state index contributed by atoms with van der Waals surface area (Å²) in [6.45, 7) is 5.58. The molecule has 1 fully saturated rings. The number of carbonyl (C=O) groups excluding carboxylic acids is 1. The molecule has 1 aromatic rings. The molecule has 0 amide bonds. The van der Waals surface area contributed by atoms with Crippen LogP contribution in [0.3, 0.4) is 0 Å². The number of ether oxygens (including phenoxy) is 1. The Morgan fingerprint density at radius 3 is 2.71 bits per heavy atom. The van der Waals surface area contributed by atoms with Crippen molar-refractivity contribution in [2.75, 3.05) is 30.3 Å². The van der Waals surface area contributed by atoms with Crippen LogP contribution in [0.25, 0.3) is 0 Å². The summed E-state index contributed by atoms with van der Waals surface area (Å²) < 4.78 is 5.08. The fraction of sp³-hybridized carbons (Fsp3) is 0.500. The molecule has 0 unspecified atom stereocenters. The molecule has 0 bridgehead atoms. The van der Waals surface area contributed by atoms with Crippen molar-refractivity contribution in [3.63, 3.8) is 0 Å². The van der Waals surface area contributed by atoms with Gasteiger partial charge in [-0.3, -0.25) is 4.79 Å². The van der Waals surface area contributed by atoms with E-state index in [2.05, 4.69) is 11.0 Å². The standard InChI is InChI=1S/C16H21N3O2/c1-3-21-16(20)12-6-8-19(9-7-12)15-13(10-17)11(2)4-5-14(15)18/h4-5,12H,3,6-9,18H2,1-2H3. The second-order valence-electron chi connectivity index (χ2n) is 5.32. The van der Waals surface area contributed by atoms with Gasteiger partial charge in [0.2, 0.25) is 0 Å². The van der Waals surface area contributed by atoms with Crippen molar-refractivity contribution in [2.45, 2.75) is 26.7 Å². The number of hydrogen-bond acceptors (Lipinski definition) is 5. The Hall–Kier alpha value is -2.22. The number of esters is 1. The molecular formula is C16H21N3O2. The summed E-state index contributed by atoms with van der Waals surface area (Å²) in [7, 11) is 0. The van der Waals surface area contributed by atoms with E-state index in [0.717, 1.165) is 24.1 Å². The SMILES string of the molecule is CCOC(=O)C1CCN(c2c(N)ccc(C)c2C#N)CC1. The quantitative estimate of drug-likeness (QED) is 0.681. The average molecular weight is 287 g/mol. The Labute approximate surface area is 125 Å². The average Bonchev–Trinajstić information content (AvgIpc) is 2.49. The first-order valence-corrected chi connectivity index (χ1v) is 7.29. The molecule has 0 saturated carbocycles. The second-order valence-corrected chi connectivity index (χ2v) is 5.32. The lowest BCUT2D eigenvalue weighted by Crippen LogP contribution is -2.37. The van der Waals surface area contributed by atoms with Crippen LogP contribution in [-0.2, 0) is 9.53 Å². The second kappa shape index (κ2) is 6.49. The molecule has 21 heavy (non-hydrogen) atoms. The van der Waals surface area contributed by atoms with E-state index in [0.29, 0.717) is 30.9 Å². The van der Waals surface area contributed by atoms with Gasteiger partial charge in [0, 0.05) is 13.1 Å². The minimum atomic E-state index is -0.116. The summed E-state index contributed by atoms with van der Waals surface area (Å²) >= 11 is 0. The number of aryl methyl sites for hydroxylation is 1. The molecule has 0 aromatic heterocycles. The molecule has 5 heteroatoms. The third-order valence-corrected chi connectivity index (χ3v) is 3.96. The molecule has 1 aliphatic heterocycles. The molecule has 5 nitrogen and oxygen atoms in total. The number of anilines is 2. The largest absolute Gasteiger partial charge is 0.466 e. The number of nitriles is 1. The Morgan fingerprint density at radius 2 is 2.14 bits per heavy atom. The fourth-order valence-corrected chi connectivity index (χ4v) is 2.79. The molecular weight excluding hydrogens is 266 g/mol. The summed E-state index contributed by atoms with van der Waals surface area (Å²) in [5.41, 5.74) is 9.03. The third kappa shape index (κ3) is 3.10. The number of piperidine rings is 1. The van der Waals surface area contributed by atoms with E-state index in [4.69, 9.17) is 10.5 Å². The van der Waals surface area contributed by atoms with Crippen LogP contribution in [0, 0.1) is 24.2 Å². The number of benzene rings is 1. The maximum absolute atomic E-state index is 11.8. The Morgan fingerprint density at radius 1 is 1.48 bits per heavy atom. The third-order valence-electron chi connectivity index (χ3n) is 3.96. The van der Waals surface area contributed by atoms with Gasteiger partial charge in [0.05, 0.1) is 29.5 Å². The Bertz CT molecular complexity index is 570. The topological polar surface area (TPSA) is 79.3 Å². The lowest BCUT2D eigenvalue weighted by atomic mass is 9.95. The summed E-state index contributed by atoms with van der Waals surface area (Å²) in [6, 6.07) is 5.94. The molecule has 2 rings (SSSR count). The molecule has 1 saturated heterocycles. The number of rotatable bonds is 3. The van der Waals surface area contributed by atoms with E-state index < -0.39 is 0 Å². The van der Waals surface area contributed by atoms with Gasteiger partial charge in [-0.2, -0.15) is 5.26 Å². The van der Waals surface area contributed by atoms with Crippen LogP contribution in [0.4, 0.5) is 11.4 Å². The van der Waals surface area contributed by atoms with Gasteiger partial charge in [0.25, 0.3) is 0 Å². The van der Waals surface area contributed by atoms with Crippen molar-refractivity contribution in [3.8, 4) is 6.07 Å². The summed E-state index contributed by atoms with van der Waals surface area (Å²) in [4.78, 5) is 13.9. The highest BCUT2D eigenvalue weighted by molar-refractivity contribution is 5.77. The molecule has 112 valence electrons. The molecule has 2 N–H and O–H groups in total. The highest BCUT2D eigenvalue weighted by Gasteiger charge is 2.28. The van der Waals surface area contributed by atoms with Crippen molar-refractivity contribution < 1.29 is 9.53 Å². The number of nitrogen functional groups attached to an aromatic ring is 1. The van der Waals surface area contributed by atoms with Gasteiger partial charge in [-0.25, -0.2) is 0 Å². The predicted octanol–water partition coefficient (Wildman–Crippen LogP) is 2.23. The summed E-state index contributed by atoms with van der Waals surface area (Å²) in [5.74, 6) is -0.160. The summed E-state index contributed by atoms with van der Waals surface area (Å²) in [5, 5.41) is 9.36. The van der Waals surface area contributed by atoms with Crippen LogP contribution in [0.5, 0.6) is 0 Å². The van der Waals surface area contributed by atoms with E-state index in [-0.39, 0.29) is 11.9 Å². The first-order valence-electron chi connectivity index (χ1n) is 7.29. The van der Waals surface area contributed by atoms with E-state index >= 15 is 0 Å². The number of nitrogens with zero attached hydrogens (tertiary/aromatic N) is 2. The zero-order valence-electron chi connectivity index (χ0n) is 12.6. The van der Waals surface area contributed by atoms with Crippen molar-refractivity contribution in [1.29, 1.82) is 5.26 Å². The highest BCUT2D eigenvalue weighted by Crippen LogP contribution is 2.33. The normalized spacial score (nSPS) is 15.6. The van der Waals surface area contributed by atoms with Crippen LogP contribution in [0.1, 0.15) is 30.9 Å². The zero-order valence-corrected chi connectivity index (χ0v) is 12.6. The van der Waals surface area contributed by atoms with E-state index in [1.54, 1.807) is 0 Å². The maximum atomic E-state index is 11.8. The van der Waals surface area contributed by atoms with Crippen LogP contribution < -0.4 is 10.6 Å². The van der Waals surface area contributed by atoms with Crippen molar-refractivity contribution >= 4 is 17.3 Å². The number of nitrogens with two attached hydrogens (primary N) is 1. The lowest BCUT2D eigenvalue weighted by molar-refractivity contribution is -0.148.